The van der Waals surface area contributed by atoms with Crippen LogP contribution < -0.4 is 10.1 Å². The topological polar surface area (TPSA) is 37.0 Å². The van der Waals surface area contributed by atoms with Crippen LogP contribution in [0.1, 0.15) is 37.2 Å². The van der Waals surface area contributed by atoms with Crippen molar-refractivity contribution in [2.75, 3.05) is 11.9 Å². The Balaban J connectivity index is 1.15. The van der Waals surface area contributed by atoms with Gasteiger partial charge >= 0.3 is 172 Å². The molecule has 1 fully saturated rings. The molecule has 1 aliphatic heterocycles. The van der Waals surface area contributed by atoms with E-state index in [1.54, 1.807) is 6.07 Å². The maximum absolute atomic E-state index is 13.7. The molecule has 0 amide bonds. The van der Waals surface area contributed by atoms with E-state index in [4.69, 9.17) is 4.74 Å². The van der Waals surface area contributed by atoms with E-state index < -0.39 is 0 Å². The van der Waals surface area contributed by atoms with Crippen LogP contribution in [0.3, 0.4) is 0 Å². The average molecular weight is 440 g/mol. The Hall–Kier alpha value is -1.93. The van der Waals surface area contributed by atoms with Crippen LogP contribution in [0.2, 0.25) is 9.91 Å². The summed E-state index contributed by atoms with van der Waals surface area (Å²) in [6.45, 7) is 0.927. The zero-order chi connectivity index (χ0) is 18.9. The molecular weight excluding hydrogens is 414 g/mol. The van der Waals surface area contributed by atoms with Gasteiger partial charge < -0.3 is 0 Å². The van der Waals surface area contributed by atoms with Gasteiger partial charge in [-0.3, -0.25) is 0 Å². The van der Waals surface area contributed by atoms with E-state index in [0.717, 1.165) is 33.6 Å². The molecular formula is C23H26AsFN2O. The fraction of sp³-hybridized carbons (Fsp3) is 0.391. The molecule has 1 saturated carbocycles. The first-order chi connectivity index (χ1) is 13.8. The van der Waals surface area contributed by atoms with E-state index >= 15 is 0 Å². The zero-order valence-electron chi connectivity index (χ0n) is 15.9. The monoisotopic (exact) mass is 440 g/mol. The first-order valence-corrected chi connectivity index (χ1v) is 13.0. The van der Waals surface area contributed by atoms with Gasteiger partial charge in [0, 0.05) is 0 Å². The number of rotatable bonds is 4. The normalized spacial score (nSPS) is 24.8. The van der Waals surface area contributed by atoms with Crippen molar-refractivity contribution in [3.63, 3.8) is 0 Å². The second-order valence-electron chi connectivity index (χ2n) is 8.01. The molecule has 1 aromatic heterocycles. The summed E-state index contributed by atoms with van der Waals surface area (Å²) in [7, 11) is 0. The van der Waals surface area contributed by atoms with Crippen molar-refractivity contribution in [3.05, 3.63) is 60.0 Å². The molecule has 2 aromatic carbocycles. The van der Waals surface area contributed by atoms with Gasteiger partial charge in [0.2, 0.25) is 0 Å². The predicted molar refractivity (Wildman–Crippen MR) is 115 cm³/mol. The van der Waals surface area contributed by atoms with Crippen molar-refractivity contribution in [3.8, 4) is 5.75 Å². The molecule has 1 aliphatic carbocycles. The number of fused-ring (bicyclic) bond motifs is 2. The maximum atomic E-state index is 13.7. The van der Waals surface area contributed by atoms with Gasteiger partial charge in [-0.15, -0.1) is 0 Å². The summed E-state index contributed by atoms with van der Waals surface area (Å²) in [6, 6.07) is 13.3. The number of H-pyrrole nitrogens is 1. The molecule has 0 radical (unpaired) electrons. The summed E-state index contributed by atoms with van der Waals surface area (Å²) in [4.78, 5) is 3.32. The number of benzene rings is 2. The molecule has 2 unspecified atom stereocenters. The standard InChI is InChI=1S/C23H26AsFN2O/c25-17-9-10-21-19(11-17)20(14-27-21)15-5-7-16(8-6-15)24-12-18-13-26-22-3-1-2-4-23(22)28-18/h1-4,9-11,14-16,18,24,26-27H,5-8,12-13H2/t15-,16+,18?. The van der Waals surface area contributed by atoms with Crippen LogP contribution in [0.15, 0.2) is 48.7 Å². The number of ether oxygens (including phenoxy) is 1. The summed E-state index contributed by atoms with van der Waals surface area (Å²) >= 11 is -0.0118. The Kier molecular flexibility index (Phi) is 5.07. The van der Waals surface area contributed by atoms with Crippen molar-refractivity contribution in [2.45, 2.75) is 47.6 Å². The molecule has 3 nitrogen and oxygen atoms in total. The second kappa shape index (κ2) is 7.83. The first kappa shape index (κ1) is 18.1. The summed E-state index contributed by atoms with van der Waals surface area (Å²) in [6.07, 6.45) is 7.50. The van der Waals surface area contributed by atoms with E-state index in [2.05, 4.69) is 28.6 Å². The number of halogens is 1. The Morgan fingerprint density at radius 1 is 1.07 bits per heavy atom. The van der Waals surface area contributed by atoms with E-state index in [9.17, 15) is 4.39 Å². The van der Waals surface area contributed by atoms with Gasteiger partial charge in [0.25, 0.3) is 0 Å². The second-order valence-corrected chi connectivity index (χ2v) is 11.4. The number of hydrogen-bond donors (Lipinski definition) is 2. The third-order valence-corrected chi connectivity index (χ3v) is 10.1. The summed E-state index contributed by atoms with van der Waals surface area (Å²) in [5, 5.41) is 5.81. The van der Waals surface area contributed by atoms with Gasteiger partial charge in [0.05, 0.1) is 0 Å². The summed E-state index contributed by atoms with van der Waals surface area (Å²) in [5.41, 5.74) is 3.48. The zero-order valence-corrected chi connectivity index (χ0v) is 18.0. The Bertz CT molecular complexity index is 964. The first-order valence-electron chi connectivity index (χ1n) is 10.3. The van der Waals surface area contributed by atoms with Crippen LogP contribution in [0, 0.1) is 5.82 Å². The van der Waals surface area contributed by atoms with Crippen LogP contribution in [-0.2, 0) is 0 Å². The molecule has 2 heterocycles. The molecule has 0 spiro atoms. The van der Waals surface area contributed by atoms with Crippen molar-refractivity contribution >= 4 is 32.3 Å². The third-order valence-electron chi connectivity index (χ3n) is 6.18. The summed E-state index contributed by atoms with van der Waals surface area (Å²) in [5.74, 6) is 1.43. The van der Waals surface area contributed by atoms with Crippen molar-refractivity contribution in [2.24, 2.45) is 0 Å². The van der Waals surface area contributed by atoms with Gasteiger partial charge in [-0.2, -0.15) is 0 Å². The predicted octanol–water partition coefficient (Wildman–Crippen LogP) is 5.48. The molecule has 2 aliphatic rings. The van der Waals surface area contributed by atoms with Gasteiger partial charge in [-0.25, -0.2) is 0 Å². The van der Waals surface area contributed by atoms with Gasteiger partial charge in [-0.1, -0.05) is 0 Å². The molecule has 3 aromatic rings. The molecule has 146 valence electrons. The number of aromatic amines is 1. The number of aromatic nitrogens is 1. The third kappa shape index (κ3) is 3.67. The van der Waals surface area contributed by atoms with Crippen LogP contribution >= 0.6 is 0 Å². The number of hydrogen-bond acceptors (Lipinski definition) is 2. The molecule has 28 heavy (non-hydrogen) atoms. The SMILES string of the molecule is Fc1ccc2[nH]cc([C@H]3CC[C@@H]([AsH]CC4CNc5ccccc5O4)CC3)c2c1. The molecule has 0 saturated heterocycles. The van der Waals surface area contributed by atoms with Crippen molar-refractivity contribution < 1.29 is 9.13 Å². The molecule has 5 heteroatoms. The summed E-state index contributed by atoms with van der Waals surface area (Å²) < 4.78 is 20.8. The quantitative estimate of drug-likeness (QED) is 0.527. The fourth-order valence-corrected chi connectivity index (χ4v) is 7.92. The Morgan fingerprint density at radius 3 is 2.82 bits per heavy atom. The number of nitrogens with one attached hydrogen (secondary N) is 2. The minimum absolute atomic E-state index is 0.0118. The van der Waals surface area contributed by atoms with Crippen LogP contribution in [0.4, 0.5) is 10.1 Å². The van der Waals surface area contributed by atoms with E-state index in [1.807, 2.05) is 18.2 Å². The van der Waals surface area contributed by atoms with Gasteiger partial charge in [0.15, 0.2) is 0 Å². The van der Waals surface area contributed by atoms with Crippen LogP contribution in [0.25, 0.3) is 10.9 Å². The van der Waals surface area contributed by atoms with Crippen molar-refractivity contribution in [1.29, 1.82) is 0 Å². The van der Waals surface area contributed by atoms with Gasteiger partial charge in [0.1, 0.15) is 0 Å². The fourth-order valence-electron chi connectivity index (χ4n) is 4.63. The van der Waals surface area contributed by atoms with E-state index in [0.29, 0.717) is 12.0 Å². The van der Waals surface area contributed by atoms with E-state index in [1.165, 1.54) is 42.5 Å². The number of anilines is 1. The van der Waals surface area contributed by atoms with Crippen LogP contribution in [0.5, 0.6) is 5.75 Å². The molecule has 5 rings (SSSR count). The van der Waals surface area contributed by atoms with Gasteiger partial charge in [-0.05, 0) is 0 Å². The Labute approximate surface area is 171 Å². The van der Waals surface area contributed by atoms with Crippen LogP contribution in [-0.4, -0.2) is 33.4 Å². The minimum atomic E-state index is -0.142. The molecule has 2 N–H and O–H groups in total. The molecule has 0 bridgehead atoms. The van der Waals surface area contributed by atoms with E-state index in [-0.39, 0.29) is 21.6 Å². The number of para-hydroxylation sites is 2. The van der Waals surface area contributed by atoms with Crippen molar-refractivity contribution in [1.82, 2.24) is 4.98 Å². The average Bonchev–Trinajstić information content (AvgIpc) is 3.15. The molecule has 2 atom stereocenters. The Morgan fingerprint density at radius 2 is 1.93 bits per heavy atom.